The first-order valence-electron chi connectivity index (χ1n) is 8.44. The molecule has 0 saturated heterocycles. The lowest BCUT2D eigenvalue weighted by molar-refractivity contribution is 0.0912. The average Bonchev–Trinajstić information content (AvgIpc) is 2.83. The summed E-state index contributed by atoms with van der Waals surface area (Å²) in [6.07, 6.45) is 1.27. The van der Waals surface area contributed by atoms with Crippen molar-refractivity contribution in [3.05, 3.63) is 41.0 Å². The summed E-state index contributed by atoms with van der Waals surface area (Å²) in [4.78, 5) is 21.1. The van der Waals surface area contributed by atoms with E-state index < -0.39 is 0 Å². The highest BCUT2D eigenvalue weighted by Gasteiger charge is 2.35. The van der Waals surface area contributed by atoms with Gasteiger partial charge in [-0.25, -0.2) is 4.39 Å². The van der Waals surface area contributed by atoms with Gasteiger partial charge < -0.3 is 4.98 Å². The van der Waals surface area contributed by atoms with Crippen molar-refractivity contribution in [1.82, 2.24) is 9.97 Å². The fourth-order valence-corrected chi connectivity index (χ4v) is 3.90. The van der Waals surface area contributed by atoms with Crippen LogP contribution in [0.15, 0.2) is 18.2 Å². The largest absolute Gasteiger partial charge is 0.353 e. The molecule has 3 aromatic rings. The molecule has 2 heterocycles. The van der Waals surface area contributed by atoms with Crippen LogP contribution in [0.4, 0.5) is 4.39 Å². The number of rotatable bonds is 1. The molecule has 0 spiro atoms. The first-order valence-corrected chi connectivity index (χ1v) is 8.44. The Bertz CT molecular complexity index is 998. The van der Waals surface area contributed by atoms with E-state index in [9.17, 15) is 9.18 Å². The topological polar surface area (TPSA) is 45.8 Å². The van der Waals surface area contributed by atoms with Crippen molar-refractivity contribution >= 4 is 27.6 Å². The molecule has 0 atom stereocenters. The smallest absolute Gasteiger partial charge is 0.165 e. The van der Waals surface area contributed by atoms with Gasteiger partial charge in [0.25, 0.3) is 0 Å². The predicted octanol–water partition coefficient (Wildman–Crippen LogP) is 5.13. The number of fused-ring (bicyclic) bond motifs is 5. The Morgan fingerprint density at radius 1 is 1.25 bits per heavy atom. The second kappa shape index (κ2) is 4.88. The van der Waals surface area contributed by atoms with Crippen LogP contribution in [0, 0.1) is 11.2 Å². The molecule has 0 radical (unpaired) electrons. The molecule has 0 saturated carbocycles. The first-order chi connectivity index (χ1) is 11.3. The normalized spacial score (nSPS) is 17.0. The number of nitrogens with zero attached hydrogens (tertiary/aromatic N) is 1. The van der Waals surface area contributed by atoms with Gasteiger partial charge >= 0.3 is 0 Å². The standard InChI is InChI=1S/C20H21FN2O/c1-10(2)18-19-16(12-7-11(21)5-6-13(12)22-19)17-14(23-18)8-20(3,4)9-15(17)24/h5-7,10,22H,8-9H2,1-4H3. The number of nitrogens with one attached hydrogen (secondary N) is 1. The zero-order chi connectivity index (χ0) is 17.2. The zero-order valence-electron chi connectivity index (χ0n) is 14.5. The fraction of sp³-hybridized carbons (Fsp3) is 0.400. The summed E-state index contributed by atoms with van der Waals surface area (Å²) in [5, 5.41) is 1.62. The predicted molar refractivity (Wildman–Crippen MR) is 94.1 cm³/mol. The highest BCUT2D eigenvalue weighted by molar-refractivity contribution is 6.19. The van der Waals surface area contributed by atoms with Gasteiger partial charge in [-0.1, -0.05) is 27.7 Å². The molecule has 0 aliphatic heterocycles. The molecule has 0 fully saturated rings. The summed E-state index contributed by atoms with van der Waals surface area (Å²) < 4.78 is 13.8. The van der Waals surface area contributed by atoms with Crippen LogP contribution in [-0.4, -0.2) is 15.8 Å². The van der Waals surface area contributed by atoms with Gasteiger partial charge in [-0.05, 0) is 36.0 Å². The molecular weight excluding hydrogens is 303 g/mol. The summed E-state index contributed by atoms with van der Waals surface area (Å²) in [6.45, 7) is 8.39. The maximum atomic E-state index is 13.8. The van der Waals surface area contributed by atoms with E-state index in [0.717, 1.165) is 39.6 Å². The van der Waals surface area contributed by atoms with E-state index in [1.807, 2.05) is 0 Å². The molecule has 0 unspecified atom stereocenters. The SMILES string of the molecule is CC(C)c1nc2c(c3c1[nH]c1ccc(F)cc13)C(=O)CC(C)(C)C2. The lowest BCUT2D eigenvalue weighted by Crippen LogP contribution is -2.28. The molecule has 2 aromatic heterocycles. The molecule has 3 nitrogen and oxygen atoms in total. The van der Waals surface area contributed by atoms with Crippen LogP contribution in [0.1, 0.15) is 61.8 Å². The van der Waals surface area contributed by atoms with E-state index in [4.69, 9.17) is 4.98 Å². The molecule has 1 aliphatic rings. The minimum atomic E-state index is -0.288. The molecule has 4 heteroatoms. The highest BCUT2D eigenvalue weighted by Crippen LogP contribution is 2.41. The monoisotopic (exact) mass is 324 g/mol. The lowest BCUT2D eigenvalue weighted by Gasteiger charge is -2.30. The Morgan fingerprint density at radius 3 is 2.71 bits per heavy atom. The van der Waals surface area contributed by atoms with E-state index in [2.05, 4.69) is 32.7 Å². The van der Waals surface area contributed by atoms with Crippen molar-refractivity contribution in [2.75, 3.05) is 0 Å². The van der Waals surface area contributed by atoms with Gasteiger partial charge in [0.1, 0.15) is 5.82 Å². The van der Waals surface area contributed by atoms with Gasteiger partial charge in [0, 0.05) is 28.3 Å². The Morgan fingerprint density at radius 2 is 2.00 bits per heavy atom. The maximum absolute atomic E-state index is 13.8. The van der Waals surface area contributed by atoms with Gasteiger partial charge in [0.15, 0.2) is 5.78 Å². The van der Waals surface area contributed by atoms with Crippen LogP contribution in [0.5, 0.6) is 0 Å². The Labute approximate surface area is 140 Å². The van der Waals surface area contributed by atoms with Crippen molar-refractivity contribution < 1.29 is 9.18 Å². The quantitative estimate of drug-likeness (QED) is 0.674. The van der Waals surface area contributed by atoms with E-state index in [0.29, 0.717) is 12.0 Å². The van der Waals surface area contributed by atoms with Gasteiger partial charge in [-0.15, -0.1) is 0 Å². The van der Waals surface area contributed by atoms with Crippen LogP contribution >= 0.6 is 0 Å². The first kappa shape index (κ1) is 15.3. The highest BCUT2D eigenvalue weighted by atomic mass is 19.1. The number of aromatic nitrogens is 2. The molecule has 1 aliphatic carbocycles. The average molecular weight is 324 g/mol. The number of hydrogen-bond acceptors (Lipinski definition) is 2. The summed E-state index contributed by atoms with van der Waals surface area (Å²) in [5.41, 5.74) is 4.13. The molecule has 4 rings (SSSR count). The van der Waals surface area contributed by atoms with Crippen LogP contribution in [0.2, 0.25) is 0 Å². The fourth-order valence-electron chi connectivity index (χ4n) is 3.90. The third kappa shape index (κ3) is 2.16. The third-order valence-electron chi connectivity index (χ3n) is 4.92. The van der Waals surface area contributed by atoms with Gasteiger partial charge in [-0.3, -0.25) is 9.78 Å². The Kier molecular flexibility index (Phi) is 3.11. The molecule has 24 heavy (non-hydrogen) atoms. The lowest BCUT2D eigenvalue weighted by atomic mass is 9.74. The van der Waals surface area contributed by atoms with E-state index >= 15 is 0 Å². The van der Waals surface area contributed by atoms with Crippen molar-refractivity contribution in [2.24, 2.45) is 5.41 Å². The number of carbonyl (C=O) groups excluding carboxylic acids is 1. The van der Waals surface area contributed by atoms with Crippen molar-refractivity contribution in [2.45, 2.75) is 46.5 Å². The number of Topliss-reactive ketones (excluding diaryl/α,β-unsaturated/α-hetero) is 1. The van der Waals surface area contributed by atoms with E-state index in [1.165, 1.54) is 12.1 Å². The number of pyridine rings is 1. The summed E-state index contributed by atoms with van der Waals surface area (Å²) >= 11 is 0. The summed E-state index contributed by atoms with van der Waals surface area (Å²) in [6, 6.07) is 4.70. The second-order valence-corrected chi connectivity index (χ2v) is 7.98. The number of carbonyl (C=O) groups is 1. The summed E-state index contributed by atoms with van der Waals surface area (Å²) in [5.74, 6) is 0.0405. The van der Waals surface area contributed by atoms with Gasteiger partial charge in [0.2, 0.25) is 0 Å². The van der Waals surface area contributed by atoms with Crippen LogP contribution < -0.4 is 0 Å². The number of H-pyrrole nitrogens is 1. The zero-order valence-corrected chi connectivity index (χ0v) is 14.5. The van der Waals surface area contributed by atoms with Crippen molar-refractivity contribution in [3.8, 4) is 0 Å². The number of hydrogen-bond donors (Lipinski definition) is 1. The minimum Gasteiger partial charge on any atom is -0.353 e. The van der Waals surface area contributed by atoms with Gasteiger partial charge in [-0.2, -0.15) is 0 Å². The minimum absolute atomic E-state index is 0.0869. The molecule has 124 valence electrons. The van der Waals surface area contributed by atoms with Crippen LogP contribution in [0.3, 0.4) is 0 Å². The number of aromatic amines is 1. The van der Waals surface area contributed by atoms with Crippen molar-refractivity contribution in [3.63, 3.8) is 0 Å². The number of halogens is 1. The number of benzene rings is 1. The summed E-state index contributed by atoms with van der Waals surface area (Å²) in [7, 11) is 0. The van der Waals surface area contributed by atoms with E-state index in [1.54, 1.807) is 6.07 Å². The molecule has 1 aromatic carbocycles. The molecule has 0 bridgehead atoms. The van der Waals surface area contributed by atoms with Crippen molar-refractivity contribution in [1.29, 1.82) is 0 Å². The maximum Gasteiger partial charge on any atom is 0.165 e. The van der Waals surface area contributed by atoms with Crippen LogP contribution in [0.25, 0.3) is 21.8 Å². The molecule has 0 amide bonds. The third-order valence-corrected chi connectivity index (χ3v) is 4.92. The molecule has 1 N–H and O–H groups in total. The van der Waals surface area contributed by atoms with Gasteiger partial charge in [0.05, 0.1) is 16.9 Å². The number of ketones is 1. The molecular formula is C20H21FN2O. The second-order valence-electron chi connectivity index (χ2n) is 7.98. The Balaban J connectivity index is 2.19. The Hall–Kier alpha value is -2.23. The van der Waals surface area contributed by atoms with E-state index in [-0.39, 0.29) is 22.9 Å². The van der Waals surface area contributed by atoms with Crippen LogP contribution in [-0.2, 0) is 6.42 Å².